The Bertz CT molecular complexity index is 346. The van der Waals surface area contributed by atoms with Crippen molar-refractivity contribution in [2.75, 3.05) is 26.1 Å². The Kier molecular flexibility index (Phi) is 6.91. The summed E-state index contributed by atoms with van der Waals surface area (Å²) in [4.78, 5) is 0. The highest BCUT2D eigenvalue weighted by molar-refractivity contribution is 6.18. The van der Waals surface area contributed by atoms with E-state index in [2.05, 4.69) is 19.2 Å². The summed E-state index contributed by atoms with van der Waals surface area (Å²) in [5, 5.41) is 3.39. The van der Waals surface area contributed by atoms with Crippen LogP contribution in [0, 0.1) is 5.92 Å². The highest BCUT2D eigenvalue weighted by Gasteiger charge is 2.09. The molecule has 0 saturated heterocycles. The first-order valence-electron chi connectivity index (χ1n) is 6.24. The van der Waals surface area contributed by atoms with Gasteiger partial charge in [-0.25, -0.2) is 0 Å². The molecule has 1 N–H and O–H groups in total. The van der Waals surface area contributed by atoms with Crippen LogP contribution in [0.4, 0.5) is 0 Å². The second-order valence-electron chi connectivity index (χ2n) is 4.37. The number of halogens is 1. The number of para-hydroxylation sites is 2. The lowest BCUT2D eigenvalue weighted by Crippen LogP contribution is -2.35. The number of ether oxygens (including phenoxy) is 2. The van der Waals surface area contributed by atoms with E-state index in [0.29, 0.717) is 24.4 Å². The van der Waals surface area contributed by atoms with Crippen LogP contribution in [0.3, 0.4) is 0 Å². The minimum atomic E-state index is 0.392. The lowest BCUT2D eigenvalue weighted by atomic mass is 10.1. The Morgan fingerprint density at radius 2 is 1.89 bits per heavy atom. The number of benzene rings is 1. The summed E-state index contributed by atoms with van der Waals surface area (Å²) in [5.74, 6) is 2.67. The van der Waals surface area contributed by atoms with E-state index in [-0.39, 0.29) is 0 Å². The molecule has 2 unspecified atom stereocenters. The predicted octanol–water partition coefficient (Wildman–Crippen LogP) is 2.93. The molecule has 18 heavy (non-hydrogen) atoms. The van der Waals surface area contributed by atoms with Crippen molar-refractivity contribution in [3.63, 3.8) is 0 Å². The van der Waals surface area contributed by atoms with E-state index in [4.69, 9.17) is 21.1 Å². The SMILES string of the molecule is COc1ccccc1OCCNC(C)C(C)CCl. The fraction of sp³-hybridized carbons (Fsp3) is 0.571. The second kappa shape index (κ2) is 8.22. The van der Waals surface area contributed by atoms with Crippen molar-refractivity contribution in [1.82, 2.24) is 5.32 Å². The molecule has 1 aromatic carbocycles. The lowest BCUT2D eigenvalue weighted by Gasteiger charge is -2.19. The third-order valence-corrected chi connectivity index (χ3v) is 3.48. The first-order chi connectivity index (χ1) is 8.69. The van der Waals surface area contributed by atoms with Gasteiger partial charge in [0, 0.05) is 18.5 Å². The number of nitrogens with one attached hydrogen (secondary N) is 1. The molecule has 0 spiro atoms. The summed E-state index contributed by atoms with van der Waals surface area (Å²) in [6.45, 7) is 5.67. The van der Waals surface area contributed by atoms with Gasteiger partial charge in [0.15, 0.2) is 11.5 Å². The summed E-state index contributed by atoms with van der Waals surface area (Å²) in [6, 6.07) is 8.05. The molecule has 0 fully saturated rings. The highest BCUT2D eigenvalue weighted by atomic mass is 35.5. The van der Waals surface area contributed by atoms with Crippen LogP contribution in [0.15, 0.2) is 24.3 Å². The van der Waals surface area contributed by atoms with E-state index in [0.717, 1.165) is 18.0 Å². The Morgan fingerprint density at radius 1 is 1.22 bits per heavy atom. The fourth-order valence-corrected chi connectivity index (χ4v) is 1.79. The molecule has 1 rings (SSSR count). The van der Waals surface area contributed by atoms with E-state index in [1.807, 2.05) is 24.3 Å². The topological polar surface area (TPSA) is 30.5 Å². The predicted molar refractivity (Wildman–Crippen MR) is 75.8 cm³/mol. The van der Waals surface area contributed by atoms with E-state index in [1.165, 1.54) is 0 Å². The second-order valence-corrected chi connectivity index (χ2v) is 4.68. The van der Waals surface area contributed by atoms with Crippen LogP contribution >= 0.6 is 11.6 Å². The van der Waals surface area contributed by atoms with Gasteiger partial charge >= 0.3 is 0 Å². The average Bonchev–Trinajstić information content (AvgIpc) is 2.42. The van der Waals surface area contributed by atoms with Crippen molar-refractivity contribution in [1.29, 1.82) is 0 Å². The van der Waals surface area contributed by atoms with Gasteiger partial charge in [0.1, 0.15) is 6.61 Å². The number of hydrogen-bond acceptors (Lipinski definition) is 3. The number of rotatable bonds is 8. The van der Waals surface area contributed by atoms with Gasteiger partial charge in [-0.05, 0) is 25.0 Å². The molecule has 0 bridgehead atoms. The molecule has 0 amide bonds. The van der Waals surface area contributed by atoms with Gasteiger partial charge < -0.3 is 14.8 Å². The molecule has 0 aliphatic rings. The summed E-state index contributed by atoms with van der Waals surface area (Å²) in [5.41, 5.74) is 0. The smallest absolute Gasteiger partial charge is 0.161 e. The molecule has 4 heteroatoms. The number of alkyl halides is 1. The molecule has 1 aromatic rings. The van der Waals surface area contributed by atoms with E-state index in [1.54, 1.807) is 7.11 Å². The Balaban J connectivity index is 2.29. The van der Waals surface area contributed by atoms with Crippen LogP contribution in [-0.4, -0.2) is 32.2 Å². The van der Waals surface area contributed by atoms with Crippen LogP contribution in [0.1, 0.15) is 13.8 Å². The van der Waals surface area contributed by atoms with E-state index < -0.39 is 0 Å². The maximum Gasteiger partial charge on any atom is 0.161 e. The summed E-state index contributed by atoms with van der Waals surface area (Å²) in [6.07, 6.45) is 0. The van der Waals surface area contributed by atoms with Crippen molar-refractivity contribution >= 4 is 11.6 Å². The third-order valence-electron chi connectivity index (χ3n) is 2.99. The van der Waals surface area contributed by atoms with Crippen molar-refractivity contribution in [2.45, 2.75) is 19.9 Å². The summed E-state index contributed by atoms with van der Waals surface area (Å²) in [7, 11) is 1.64. The molecule has 2 atom stereocenters. The molecule has 0 saturated carbocycles. The molecule has 0 radical (unpaired) electrons. The highest BCUT2D eigenvalue weighted by Crippen LogP contribution is 2.25. The van der Waals surface area contributed by atoms with Crippen molar-refractivity contribution in [2.24, 2.45) is 5.92 Å². The quantitative estimate of drug-likeness (QED) is 0.583. The van der Waals surface area contributed by atoms with E-state index in [9.17, 15) is 0 Å². The van der Waals surface area contributed by atoms with Crippen molar-refractivity contribution < 1.29 is 9.47 Å². The maximum absolute atomic E-state index is 5.81. The Labute approximate surface area is 114 Å². The van der Waals surface area contributed by atoms with Crippen molar-refractivity contribution in [3.05, 3.63) is 24.3 Å². The largest absolute Gasteiger partial charge is 0.493 e. The van der Waals surface area contributed by atoms with Gasteiger partial charge in [0.05, 0.1) is 7.11 Å². The standard InChI is InChI=1S/C14H22ClNO2/c1-11(10-15)12(2)16-8-9-18-14-7-5-4-6-13(14)17-3/h4-7,11-12,16H,8-10H2,1-3H3. The minimum absolute atomic E-state index is 0.392. The van der Waals surface area contributed by atoms with Crippen LogP contribution in [0.25, 0.3) is 0 Å². The minimum Gasteiger partial charge on any atom is -0.493 e. The number of methoxy groups -OCH3 is 1. The van der Waals surface area contributed by atoms with E-state index >= 15 is 0 Å². The molecule has 3 nitrogen and oxygen atoms in total. The molecular formula is C14H22ClNO2. The number of hydrogen-bond donors (Lipinski definition) is 1. The monoisotopic (exact) mass is 271 g/mol. The Hall–Kier alpha value is -0.930. The normalized spacial score (nSPS) is 14.0. The zero-order valence-electron chi connectivity index (χ0n) is 11.3. The van der Waals surface area contributed by atoms with Crippen LogP contribution in [0.2, 0.25) is 0 Å². The van der Waals surface area contributed by atoms with Gasteiger partial charge in [0.25, 0.3) is 0 Å². The molecular weight excluding hydrogens is 250 g/mol. The first kappa shape index (κ1) is 15.1. The molecule has 0 aliphatic carbocycles. The van der Waals surface area contributed by atoms with Crippen molar-refractivity contribution in [3.8, 4) is 11.5 Å². The maximum atomic E-state index is 5.81. The van der Waals surface area contributed by atoms with Gasteiger partial charge in [-0.2, -0.15) is 0 Å². The van der Waals surface area contributed by atoms with Gasteiger partial charge in [-0.1, -0.05) is 19.1 Å². The van der Waals surface area contributed by atoms with Crippen LogP contribution in [-0.2, 0) is 0 Å². The third kappa shape index (κ3) is 4.75. The van der Waals surface area contributed by atoms with Crippen LogP contribution in [0.5, 0.6) is 11.5 Å². The fourth-order valence-electron chi connectivity index (χ4n) is 1.52. The zero-order valence-corrected chi connectivity index (χ0v) is 12.0. The Morgan fingerprint density at radius 3 is 2.50 bits per heavy atom. The van der Waals surface area contributed by atoms with Gasteiger partial charge in [-0.3, -0.25) is 0 Å². The van der Waals surface area contributed by atoms with Crippen LogP contribution < -0.4 is 14.8 Å². The lowest BCUT2D eigenvalue weighted by molar-refractivity contribution is 0.281. The molecule has 0 aromatic heterocycles. The summed E-state index contributed by atoms with van der Waals surface area (Å²) < 4.78 is 10.9. The average molecular weight is 272 g/mol. The first-order valence-corrected chi connectivity index (χ1v) is 6.77. The zero-order chi connectivity index (χ0) is 13.4. The molecule has 102 valence electrons. The molecule has 0 heterocycles. The molecule has 0 aliphatic heterocycles. The summed E-state index contributed by atoms with van der Waals surface area (Å²) >= 11 is 5.81. The van der Waals surface area contributed by atoms with Gasteiger partial charge in [0.2, 0.25) is 0 Å². The van der Waals surface area contributed by atoms with Gasteiger partial charge in [-0.15, -0.1) is 11.6 Å².